The predicted molar refractivity (Wildman–Crippen MR) is 116 cm³/mol. The van der Waals surface area contributed by atoms with Gasteiger partial charge in [0.15, 0.2) is 5.82 Å². The van der Waals surface area contributed by atoms with Crippen molar-refractivity contribution in [2.24, 2.45) is 0 Å². The predicted octanol–water partition coefficient (Wildman–Crippen LogP) is 3.80. The third-order valence-corrected chi connectivity index (χ3v) is 5.48. The van der Waals surface area contributed by atoms with Crippen molar-refractivity contribution in [3.63, 3.8) is 0 Å². The number of carbonyl (C=O) groups is 1. The number of ether oxygens (including phenoxy) is 2. The topological polar surface area (TPSA) is 67.8 Å². The van der Waals surface area contributed by atoms with E-state index in [-0.39, 0.29) is 6.04 Å². The first kappa shape index (κ1) is 21.0. The van der Waals surface area contributed by atoms with Crippen LogP contribution in [0.2, 0.25) is 5.15 Å². The summed E-state index contributed by atoms with van der Waals surface area (Å²) in [6.45, 7) is 9.36. The van der Waals surface area contributed by atoms with Gasteiger partial charge in [-0.25, -0.2) is 14.8 Å². The van der Waals surface area contributed by atoms with Crippen LogP contribution in [0.5, 0.6) is 0 Å². The van der Waals surface area contributed by atoms with Gasteiger partial charge in [0.25, 0.3) is 0 Å². The summed E-state index contributed by atoms with van der Waals surface area (Å²) in [6.07, 6.45) is 0.188. The number of amides is 1. The highest BCUT2D eigenvalue weighted by molar-refractivity contribution is 6.30. The smallest absolute Gasteiger partial charge is 0.416 e. The van der Waals surface area contributed by atoms with Gasteiger partial charge >= 0.3 is 6.09 Å². The van der Waals surface area contributed by atoms with E-state index in [0.29, 0.717) is 43.0 Å². The first-order chi connectivity index (χ1) is 14.3. The largest absolute Gasteiger partial charge is 0.443 e. The maximum atomic E-state index is 13.2. The number of benzene rings is 1. The number of hydrogen-bond acceptors (Lipinski definition) is 6. The van der Waals surface area contributed by atoms with Crippen molar-refractivity contribution in [2.75, 3.05) is 37.7 Å². The normalized spacial score (nSPS) is 19.6. The highest BCUT2D eigenvalue weighted by Crippen LogP contribution is 2.37. The Kier molecular flexibility index (Phi) is 5.95. The molecule has 1 atom stereocenters. The van der Waals surface area contributed by atoms with Gasteiger partial charge in [0.2, 0.25) is 0 Å². The van der Waals surface area contributed by atoms with Crippen LogP contribution in [0.3, 0.4) is 0 Å². The van der Waals surface area contributed by atoms with Crippen molar-refractivity contribution in [3.05, 3.63) is 41.0 Å². The molecule has 1 amide bonds. The van der Waals surface area contributed by atoms with Crippen LogP contribution in [0, 0.1) is 0 Å². The van der Waals surface area contributed by atoms with Crippen LogP contribution in [0.25, 0.3) is 11.4 Å². The fourth-order valence-corrected chi connectivity index (χ4v) is 4.05. The van der Waals surface area contributed by atoms with E-state index in [1.807, 2.05) is 51.1 Å². The summed E-state index contributed by atoms with van der Waals surface area (Å²) in [5.74, 6) is 1.04. The number of morpholine rings is 1. The van der Waals surface area contributed by atoms with Gasteiger partial charge in [-0.1, -0.05) is 41.9 Å². The summed E-state index contributed by atoms with van der Waals surface area (Å²) >= 11 is 6.57. The highest BCUT2D eigenvalue weighted by Gasteiger charge is 2.40. The lowest BCUT2D eigenvalue weighted by atomic mass is 10.1. The van der Waals surface area contributed by atoms with E-state index in [0.717, 1.165) is 24.2 Å². The molecule has 1 aromatic carbocycles. The lowest BCUT2D eigenvalue weighted by Crippen LogP contribution is -2.49. The minimum atomic E-state index is -0.609. The number of halogens is 1. The van der Waals surface area contributed by atoms with Gasteiger partial charge in [-0.15, -0.1) is 0 Å². The number of anilines is 1. The van der Waals surface area contributed by atoms with Crippen molar-refractivity contribution in [3.8, 4) is 11.4 Å². The minimum absolute atomic E-state index is 0.120. The number of carbonyl (C=O) groups excluding carboxylic acids is 1. The third kappa shape index (κ3) is 4.58. The minimum Gasteiger partial charge on any atom is -0.443 e. The SMILES string of the molecule is CC(C)(C)OC(=O)N1c2nc(-c3ccccc3)nc(Cl)c2CC1CN1CCOCC1. The average Bonchev–Trinajstić information content (AvgIpc) is 3.07. The van der Waals surface area contributed by atoms with Crippen molar-refractivity contribution in [2.45, 2.75) is 38.8 Å². The van der Waals surface area contributed by atoms with Gasteiger partial charge in [0, 0.05) is 37.2 Å². The number of hydrogen-bond donors (Lipinski definition) is 0. The number of nitrogens with zero attached hydrogens (tertiary/aromatic N) is 4. The zero-order valence-corrected chi connectivity index (χ0v) is 18.4. The van der Waals surface area contributed by atoms with Crippen LogP contribution >= 0.6 is 11.6 Å². The van der Waals surface area contributed by atoms with Gasteiger partial charge in [-0.05, 0) is 20.8 Å². The fourth-order valence-electron chi connectivity index (χ4n) is 3.81. The Morgan fingerprint density at radius 3 is 2.57 bits per heavy atom. The molecule has 1 fully saturated rings. The number of aromatic nitrogens is 2. The molecule has 0 bridgehead atoms. The van der Waals surface area contributed by atoms with Gasteiger partial charge in [0.05, 0.1) is 19.3 Å². The third-order valence-electron chi connectivity index (χ3n) is 5.16. The molecule has 1 saturated heterocycles. The molecule has 2 aromatic rings. The van der Waals surface area contributed by atoms with E-state index in [1.165, 1.54) is 0 Å². The molecule has 3 heterocycles. The molecule has 0 radical (unpaired) electrons. The average molecular weight is 431 g/mol. The summed E-state index contributed by atoms with van der Waals surface area (Å²) in [5, 5.41) is 0.386. The lowest BCUT2D eigenvalue weighted by Gasteiger charge is -2.33. The van der Waals surface area contributed by atoms with E-state index in [9.17, 15) is 4.79 Å². The molecule has 2 aliphatic rings. The second kappa shape index (κ2) is 8.49. The fraction of sp³-hybridized carbons (Fsp3) is 0.500. The molecule has 1 aromatic heterocycles. The Labute approximate surface area is 182 Å². The Morgan fingerprint density at radius 1 is 1.20 bits per heavy atom. The number of rotatable bonds is 3. The Morgan fingerprint density at radius 2 is 1.90 bits per heavy atom. The van der Waals surface area contributed by atoms with Crippen LogP contribution in [0.15, 0.2) is 30.3 Å². The summed E-state index contributed by atoms with van der Waals surface area (Å²) in [5.41, 5.74) is 1.03. The Balaban J connectivity index is 1.70. The van der Waals surface area contributed by atoms with Gasteiger partial charge in [-0.3, -0.25) is 9.80 Å². The molecule has 1 unspecified atom stereocenters. The van der Waals surface area contributed by atoms with Crippen molar-refractivity contribution >= 4 is 23.5 Å². The zero-order valence-electron chi connectivity index (χ0n) is 17.6. The molecule has 0 aliphatic carbocycles. The maximum absolute atomic E-state index is 13.2. The standard InChI is InChI=1S/C22H27ClN4O3/c1-22(2,3)30-21(28)27-16(14-26-9-11-29-12-10-26)13-17-18(23)24-19(25-20(17)27)15-7-5-4-6-8-15/h4-8,16H,9-14H2,1-3H3. The van der Waals surface area contributed by atoms with Crippen LogP contribution in [-0.2, 0) is 15.9 Å². The molecule has 7 nitrogen and oxygen atoms in total. The molecule has 0 spiro atoms. The molecular weight excluding hydrogens is 404 g/mol. The van der Waals surface area contributed by atoms with Gasteiger partial charge in [-0.2, -0.15) is 0 Å². The Hall–Kier alpha value is -2.22. The quantitative estimate of drug-likeness (QED) is 0.690. The maximum Gasteiger partial charge on any atom is 0.416 e. The van der Waals surface area contributed by atoms with E-state index < -0.39 is 11.7 Å². The summed E-state index contributed by atoms with van der Waals surface area (Å²) in [6, 6.07) is 9.51. The molecule has 30 heavy (non-hydrogen) atoms. The molecule has 160 valence electrons. The first-order valence-corrected chi connectivity index (χ1v) is 10.6. The second-order valence-corrected chi connectivity index (χ2v) is 8.99. The van der Waals surface area contributed by atoms with Crippen LogP contribution in [0.1, 0.15) is 26.3 Å². The molecule has 0 saturated carbocycles. The van der Waals surface area contributed by atoms with Crippen LogP contribution < -0.4 is 4.90 Å². The summed E-state index contributed by atoms with van der Waals surface area (Å²) in [7, 11) is 0. The highest BCUT2D eigenvalue weighted by atomic mass is 35.5. The van der Waals surface area contributed by atoms with Crippen LogP contribution in [0.4, 0.5) is 10.6 Å². The Bertz CT molecular complexity index is 911. The van der Waals surface area contributed by atoms with Crippen molar-refractivity contribution < 1.29 is 14.3 Å². The van der Waals surface area contributed by atoms with E-state index in [4.69, 9.17) is 26.1 Å². The molecular formula is C22H27ClN4O3. The molecule has 2 aliphatic heterocycles. The second-order valence-electron chi connectivity index (χ2n) is 8.63. The van der Waals surface area contributed by atoms with Gasteiger partial charge < -0.3 is 9.47 Å². The zero-order chi connectivity index (χ0) is 21.3. The molecule has 4 rings (SSSR count). The number of fused-ring (bicyclic) bond motifs is 1. The van der Waals surface area contributed by atoms with Gasteiger partial charge in [0.1, 0.15) is 16.6 Å². The monoisotopic (exact) mass is 430 g/mol. The van der Waals surface area contributed by atoms with E-state index in [2.05, 4.69) is 9.88 Å². The van der Waals surface area contributed by atoms with E-state index in [1.54, 1.807) is 4.90 Å². The van der Waals surface area contributed by atoms with Crippen molar-refractivity contribution in [1.82, 2.24) is 14.9 Å². The summed E-state index contributed by atoms with van der Waals surface area (Å²) in [4.78, 5) is 26.4. The first-order valence-electron chi connectivity index (χ1n) is 10.3. The summed E-state index contributed by atoms with van der Waals surface area (Å²) < 4.78 is 11.2. The molecule has 0 N–H and O–H groups in total. The van der Waals surface area contributed by atoms with Crippen LogP contribution in [-0.4, -0.2) is 65.5 Å². The molecule has 8 heteroatoms. The van der Waals surface area contributed by atoms with E-state index >= 15 is 0 Å². The van der Waals surface area contributed by atoms with Crippen molar-refractivity contribution in [1.29, 1.82) is 0 Å². The lowest BCUT2D eigenvalue weighted by molar-refractivity contribution is 0.0330.